The number of methoxy groups -OCH3 is 1. The SMILES string of the molecule is COc1ccc(CN2C(=O)N[C@H](CCC(=O)NCc3ccc(Cl)c(Cl)c3)C2=O)cc1. The number of amides is 4. The molecule has 1 saturated heterocycles. The van der Waals surface area contributed by atoms with Gasteiger partial charge in [0.15, 0.2) is 0 Å². The highest BCUT2D eigenvalue weighted by molar-refractivity contribution is 6.42. The van der Waals surface area contributed by atoms with Crippen molar-refractivity contribution in [3.63, 3.8) is 0 Å². The van der Waals surface area contributed by atoms with Crippen molar-refractivity contribution in [2.45, 2.75) is 32.0 Å². The van der Waals surface area contributed by atoms with Crippen LogP contribution in [0.3, 0.4) is 0 Å². The van der Waals surface area contributed by atoms with Gasteiger partial charge < -0.3 is 15.4 Å². The second kappa shape index (κ2) is 9.82. The molecule has 9 heteroatoms. The molecule has 158 valence electrons. The molecule has 1 aliphatic heterocycles. The third-order valence-corrected chi connectivity index (χ3v) is 5.48. The molecular formula is C21H21Cl2N3O4. The third kappa shape index (κ3) is 5.43. The molecule has 0 spiro atoms. The van der Waals surface area contributed by atoms with Gasteiger partial charge in [0.2, 0.25) is 5.91 Å². The largest absolute Gasteiger partial charge is 0.497 e. The van der Waals surface area contributed by atoms with E-state index in [0.29, 0.717) is 22.3 Å². The molecule has 30 heavy (non-hydrogen) atoms. The van der Waals surface area contributed by atoms with Crippen LogP contribution in [0, 0.1) is 0 Å². The first-order chi connectivity index (χ1) is 14.4. The number of ether oxygens (including phenoxy) is 1. The Morgan fingerprint density at radius 1 is 1.10 bits per heavy atom. The maximum atomic E-state index is 12.6. The lowest BCUT2D eigenvalue weighted by Crippen LogP contribution is -2.32. The molecule has 3 rings (SSSR count). The number of carbonyl (C=O) groups is 3. The fraction of sp³-hybridized carbons (Fsp3) is 0.286. The van der Waals surface area contributed by atoms with Gasteiger partial charge >= 0.3 is 6.03 Å². The number of carbonyl (C=O) groups excluding carboxylic acids is 3. The first kappa shape index (κ1) is 21.9. The van der Waals surface area contributed by atoms with Crippen molar-refractivity contribution in [1.82, 2.24) is 15.5 Å². The Balaban J connectivity index is 1.48. The summed E-state index contributed by atoms with van der Waals surface area (Å²) >= 11 is 11.8. The zero-order valence-corrected chi connectivity index (χ0v) is 17.8. The predicted octanol–water partition coefficient (Wildman–Crippen LogP) is 3.52. The molecule has 2 aromatic rings. The van der Waals surface area contributed by atoms with Crippen molar-refractivity contribution in [2.75, 3.05) is 7.11 Å². The van der Waals surface area contributed by atoms with E-state index in [9.17, 15) is 14.4 Å². The van der Waals surface area contributed by atoms with Crippen molar-refractivity contribution in [1.29, 1.82) is 0 Å². The van der Waals surface area contributed by atoms with E-state index in [4.69, 9.17) is 27.9 Å². The van der Waals surface area contributed by atoms with Crippen molar-refractivity contribution in [3.05, 3.63) is 63.6 Å². The minimum absolute atomic E-state index is 0.106. The Kier molecular flexibility index (Phi) is 7.18. The molecule has 0 aromatic heterocycles. The molecule has 0 radical (unpaired) electrons. The molecular weight excluding hydrogens is 429 g/mol. The molecule has 1 atom stereocenters. The third-order valence-electron chi connectivity index (χ3n) is 4.74. The number of nitrogens with zero attached hydrogens (tertiary/aromatic N) is 1. The highest BCUT2D eigenvalue weighted by Gasteiger charge is 2.37. The van der Waals surface area contributed by atoms with Crippen LogP contribution in [-0.2, 0) is 22.7 Å². The molecule has 1 aliphatic rings. The topological polar surface area (TPSA) is 87.7 Å². The van der Waals surface area contributed by atoms with Gasteiger partial charge in [-0.1, -0.05) is 41.4 Å². The molecule has 2 aromatic carbocycles. The fourth-order valence-electron chi connectivity index (χ4n) is 3.05. The summed E-state index contributed by atoms with van der Waals surface area (Å²) in [4.78, 5) is 38.0. The van der Waals surface area contributed by atoms with Crippen LogP contribution in [0.1, 0.15) is 24.0 Å². The first-order valence-corrected chi connectivity index (χ1v) is 10.1. The summed E-state index contributed by atoms with van der Waals surface area (Å²) in [5, 5.41) is 6.27. The first-order valence-electron chi connectivity index (χ1n) is 9.33. The van der Waals surface area contributed by atoms with Crippen LogP contribution in [0.4, 0.5) is 4.79 Å². The minimum atomic E-state index is -0.716. The highest BCUT2D eigenvalue weighted by Crippen LogP contribution is 2.22. The van der Waals surface area contributed by atoms with Crippen molar-refractivity contribution in [3.8, 4) is 5.75 Å². The van der Waals surface area contributed by atoms with Gasteiger partial charge in [-0.25, -0.2) is 4.79 Å². The van der Waals surface area contributed by atoms with E-state index in [1.54, 1.807) is 49.6 Å². The molecule has 2 N–H and O–H groups in total. The smallest absolute Gasteiger partial charge is 0.325 e. The fourth-order valence-corrected chi connectivity index (χ4v) is 3.37. The van der Waals surface area contributed by atoms with Gasteiger partial charge in [0.05, 0.1) is 23.7 Å². The summed E-state index contributed by atoms with van der Waals surface area (Å²) in [6, 6.07) is 11.1. The second-order valence-corrected chi connectivity index (χ2v) is 7.65. The lowest BCUT2D eigenvalue weighted by atomic mass is 10.1. The molecule has 7 nitrogen and oxygen atoms in total. The van der Waals surface area contributed by atoms with Crippen molar-refractivity contribution in [2.24, 2.45) is 0 Å². The number of hydrogen-bond acceptors (Lipinski definition) is 4. The zero-order chi connectivity index (χ0) is 21.7. The quantitative estimate of drug-likeness (QED) is 0.603. The van der Waals surface area contributed by atoms with Gasteiger partial charge in [-0.15, -0.1) is 0 Å². The van der Waals surface area contributed by atoms with Crippen LogP contribution in [0.25, 0.3) is 0 Å². The maximum absolute atomic E-state index is 12.6. The highest BCUT2D eigenvalue weighted by atomic mass is 35.5. The van der Waals surface area contributed by atoms with Gasteiger partial charge in [0.1, 0.15) is 11.8 Å². The summed E-state index contributed by atoms with van der Waals surface area (Å²) in [6.45, 7) is 0.457. The Hall–Kier alpha value is -2.77. The van der Waals surface area contributed by atoms with Crippen LogP contribution < -0.4 is 15.4 Å². The van der Waals surface area contributed by atoms with E-state index in [-0.39, 0.29) is 31.2 Å². The average Bonchev–Trinajstić information content (AvgIpc) is 3.01. The summed E-state index contributed by atoms with van der Waals surface area (Å²) in [5.74, 6) is 0.130. The van der Waals surface area contributed by atoms with Crippen molar-refractivity contribution < 1.29 is 19.1 Å². The zero-order valence-electron chi connectivity index (χ0n) is 16.3. The molecule has 0 saturated carbocycles. The number of nitrogens with one attached hydrogen (secondary N) is 2. The number of halogens is 2. The van der Waals surface area contributed by atoms with E-state index < -0.39 is 12.1 Å². The molecule has 0 unspecified atom stereocenters. The van der Waals surface area contributed by atoms with Crippen LogP contribution in [0.5, 0.6) is 5.75 Å². The van der Waals surface area contributed by atoms with Crippen LogP contribution in [0.2, 0.25) is 10.0 Å². The Morgan fingerprint density at radius 3 is 2.47 bits per heavy atom. The van der Waals surface area contributed by atoms with E-state index in [2.05, 4.69) is 10.6 Å². The van der Waals surface area contributed by atoms with E-state index in [0.717, 1.165) is 16.0 Å². The van der Waals surface area contributed by atoms with Gasteiger partial charge in [0, 0.05) is 13.0 Å². The van der Waals surface area contributed by atoms with Crippen LogP contribution in [-0.4, -0.2) is 35.9 Å². The monoisotopic (exact) mass is 449 g/mol. The van der Waals surface area contributed by atoms with Gasteiger partial charge in [0.25, 0.3) is 5.91 Å². The average molecular weight is 450 g/mol. The second-order valence-electron chi connectivity index (χ2n) is 6.84. The van der Waals surface area contributed by atoms with Crippen LogP contribution >= 0.6 is 23.2 Å². The Labute approximate surface area is 184 Å². The Morgan fingerprint density at radius 2 is 1.80 bits per heavy atom. The van der Waals surface area contributed by atoms with Crippen LogP contribution in [0.15, 0.2) is 42.5 Å². The summed E-state index contributed by atoms with van der Waals surface area (Å²) in [6.07, 6.45) is 0.325. The normalized spacial score (nSPS) is 15.8. The van der Waals surface area contributed by atoms with Gasteiger partial charge in [-0.2, -0.15) is 0 Å². The molecule has 1 heterocycles. The standard InChI is InChI=1S/C21H21Cl2N3O4/c1-30-15-5-2-13(3-6-15)12-26-20(28)18(25-21(26)29)8-9-19(27)24-11-14-4-7-16(22)17(23)10-14/h2-7,10,18H,8-9,11-12H2,1H3,(H,24,27)(H,25,29)/t18-/m1/s1. The lowest BCUT2D eigenvalue weighted by molar-refractivity contribution is -0.128. The molecule has 0 aliphatic carbocycles. The van der Waals surface area contributed by atoms with E-state index in [1.165, 1.54) is 0 Å². The summed E-state index contributed by atoms with van der Waals surface area (Å²) < 4.78 is 5.10. The molecule has 4 amide bonds. The number of hydrogen-bond donors (Lipinski definition) is 2. The minimum Gasteiger partial charge on any atom is -0.497 e. The lowest BCUT2D eigenvalue weighted by Gasteiger charge is -2.13. The number of rotatable bonds is 8. The summed E-state index contributed by atoms with van der Waals surface area (Å²) in [7, 11) is 1.57. The molecule has 1 fully saturated rings. The van der Waals surface area contributed by atoms with Gasteiger partial charge in [-0.05, 0) is 41.8 Å². The van der Waals surface area contributed by atoms with E-state index in [1.807, 2.05) is 0 Å². The van der Waals surface area contributed by atoms with E-state index >= 15 is 0 Å². The van der Waals surface area contributed by atoms with Gasteiger partial charge in [-0.3, -0.25) is 14.5 Å². The number of imide groups is 1. The molecule has 0 bridgehead atoms. The number of urea groups is 1. The Bertz CT molecular complexity index is 950. The maximum Gasteiger partial charge on any atom is 0.325 e. The van der Waals surface area contributed by atoms with Crippen molar-refractivity contribution >= 4 is 41.0 Å². The number of benzene rings is 2. The predicted molar refractivity (Wildman–Crippen MR) is 113 cm³/mol. The summed E-state index contributed by atoms with van der Waals surface area (Å²) in [5.41, 5.74) is 1.62.